The van der Waals surface area contributed by atoms with Crippen LogP contribution in [0.15, 0.2) is 0 Å². The van der Waals surface area contributed by atoms with Crippen LogP contribution in [0.5, 0.6) is 0 Å². The van der Waals surface area contributed by atoms with Crippen LogP contribution in [0.3, 0.4) is 0 Å². The minimum absolute atomic E-state index is 0.284. The lowest BCUT2D eigenvalue weighted by Gasteiger charge is -2.28. The van der Waals surface area contributed by atoms with Crippen molar-refractivity contribution in [3.05, 3.63) is 0 Å². The summed E-state index contributed by atoms with van der Waals surface area (Å²) in [5.41, 5.74) is 0. The molecular weight excluding hydrogens is 304 g/mol. The topological polar surface area (TPSA) is 80.9 Å². The summed E-state index contributed by atoms with van der Waals surface area (Å²) in [5, 5.41) is 36.1. The average Bonchev–Trinajstić information content (AvgIpc) is 3.38. The fourth-order valence-corrected chi connectivity index (χ4v) is 6.64. The zero-order chi connectivity index (χ0) is 17.1. The Hall–Kier alpha value is -0.160. The number of aliphatic hydroxyl groups excluding tert-OH is 4. The molecule has 4 aliphatic carbocycles. The molecule has 4 heteroatoms. The van der Waals surface area contributed by atoms with Crippen molar-refractivity contribution in [1.82, 2.24) is 0 Å². The summed E-state index contributed by atoms with van der Waals surface area (Å²) < 4.78 is 0. The van der Waals surface area contributed by atoms with Gasteiger partial charge < -0.3 is 20.4 Å². The summed E-state index contributed by atoms with van der Waals surface area (Å²) in [7, 11) is 0. The minimum atomic E-state index is 0.284. The third kappa shape index (κ3) is 3.67. The van der Waals surface area contributed by atoms with Gasteiger partial charge in [0.15, 0.2) is 0 Å². The van der Waals surface area contributed by atoms with Gasteiger partial charge in [0, 0.05) is 26.4 Å². The first-order chi connectivity index (χ1) is 11.7. The second-order valence-corrected chi connectivity index (χ2v) is 8.83. The lowest BCUT2D eigenvalue weighted by atomic mass is 9.79. The number of rotatable bonds is 6. The Morgan fingerprint density at radius 2 is 1.29 bits per heavy atom. The van der Waals surface area contributed by atoms with Gasteiger partial charge in [-0.3, -0.25) is 0 Å². The van der Waals surface area contributed by atoms with Gasteiger partial charge in [-0.25, -0.2) is 0 Å². The second-order valence-electron chi connectivity index (χ2n) is 8.83. The number of hydrogen-bond acceptors (Lipinski definition) is 4. The average molecular weight is 341 g/mol. The quantitative estimate of drug-likeness (QED) is 0.596. The van der Waals surface area contributed by atoms with Gasteiger partial charge in [0.05, 0.1) is 0 Å². The molecule has 140 valence electrons. The van der Waals surface area contributed by atoms with Crippen LogP contribution in [0.25, 0.3) is 0 Å². The molecule has 4 nitrogen and oxygen atoms in total. The van der Waals surface area contributed by atoms with Crippen LogP contribution in [-0.4, -0.2) is 46.9 Å². The van der Waals surface area contributed by atoms with Crippen molar-refractivity contribution in [1.29, 1.82) is 0 Å². The maximum Gasteiger partial charge on any atom is 0.0465 e. The monoisotopic (exact) mass is 340 g/mol. The second kappa shape index (κ2) is 8.48. The van der Waals surface area contributed by atoms with Gasteiger partial charge in [0.25, 0.3) is 0 Å². The fourth-order valence-electron chi connectivity index (χ4n) is 6.64. The predicted octanol–water partition coefficient (Wildman–Crippen LogP) is 2.05. The molecule has 0 aromatic rings. The highest BCUT2D eigenvalue weighted by Gasteiger charge is 2.46. The SMILES string of the molecule is OCC1C2CCC(C2)C1CO.OCCCC1CC2CC(CO)C1C2. The summed E-state index contributed by atoms with van der Waals surface area (Å²) in [6.45, 7) is 1.28. The van der Waals surface area contributed by atoms with Crippen LogP contribution >= 0.6 is 0 Å². The Bertz CT molecular complexity index is 372. The molecule has 24 heavy (non-hydrogen) atoms. The van der Waals surface area contributed by atoms with Crippen molar-refractivity contribution in [3.8, 4) is 0 Å². The standard InChI is InChI=1S/C11H20O2.C9H16O2/c12-3-1-2-9-4-8-5-10(7-13)11(9)6-8;10-4-8-6-1-2-7(3-6)9(8)5-11/h8-13H,1-7H2;6-11H,1-5H2. The Morgan fingerprint density at radius 1 is 0.667 bits per heavy atom. The van der Waals surface area contributed by atoms with Gasteiger partial charge in [-0.15, -0.1) is 0 Å². The van der Waals surface area contributed by atoms with Gasteiger partial charge >= 0.3 is 0 Å². The molecule has 0 aromatic heterocycles. The van der Waals surface area contributed by atoms with Crippen molar-refractivity contribution in [2.75, 3.05) is 26.4 Å². The van der Waals surface area contributed by atoms with Crippen LogP contribution in [0.1, 0.15) is 51.4 Å². The zero-order valence-corrected chi connectivity index (χ0v) is 14.9. The smallest absolute Gasteiger partial charge is 0.0465 e. The first-order valence-corrected chi connectivity index (χ1v) is 10.1. The molecule has 0 aromatic carbocycles. The Labute approximate surface area is 146 Å². The van der Waals surface area contributed by atoms with Crippen LogP contribution in [0.4, 0.5) is 0 Å². The van der Waals surface area contributed by atoms with Crippen molar-refractivity contribution < 1.29 is 20.4 Å². The van der Waals surface area contributed by atoms with E-state index in [1.807, 2.05) is 0 Å². The van der Waals surface area contributed by atoms with E-state index in [0.717, 1.165) is 36.0 Å². The van der Waals surface area contributed by atoms with E-state index in [-0.39, 0.29) is 13.2 Å². The predicted molar refractivity (Wildman–Crippen MR) is 93.2 cm³/mol. The summed E-state index contributed by atoms with van der Waals surface area (Å²) in [6, 6.07) is 0. The molecule has 4 rings (SSSR count). The van der Waals surface area contributed by atoms with E-state index >= 15 is 0 Å². The van der Waals surface area contributed by atoms with Crippen LogP contribution in [0, 0.1) is 47.3 Å². The van der Waals surface area contributed by atoms with Crippen LogP contribution in [0.2, 0.25) is 0 Å². The third-order valence-electron chi connectivity index (χ3n) is 7.75. The Balaban J connectivity index is 0.000000143. The van der Waals surface area contributed by atoms with Gasteiger partial charge in [0.1, 0.15) is 0 Å². The highest BCUT2D eigenvalue weighted by Crippen LogP contribution is 2.53. The summed E-state index contributed by atoms with van der Waals surface area (Å²) >= 11 is 0. The normalized spacial score (nSPS) is 45.5. The minimum Gasteiger partial charge on any atom is -0.396 e. The Morgan fingerprint density at radius 3 is 1.79 bits per heavy atom. The molecule has 4 aliphatic rings. The van der Waals surface area contributed by atoms with Gasteiger partial charge in [-0.1, -0.05) is 0 Å². The van der Waals surface area contributed by atoms with Crippen molar-refractivity contribution in [2.45, 2.75) is 51.4 Å². The molecule has 4 saturated carbocycles. The van der Waals surface area contributed by atoms with Gasteiger partial charge in [0.2, 0.25) is 0 Å². The molecule has 4 N–H and O–H groups in total. The van der Waals surface area contributed by atoms with E-state index in [1.54, 1.807) is 0 Å². The maximum atomic E-state index is 9.18. The summed E-state index contributed by atoms with van der Waals surface area (Å²) in [4.78, 5) is 0. The number of fused-ring (bicyclic) bond motifs is 4. The highest BCUT2D eigenvalue weighted by atomic mass is 16.3. The van der Waals surface area contributed by atoms with E-state index in [1.165, 1.54) is 44.9 Å². The van der Waals surface area contributed by atoms with Crippen LogP contribution in [-0.2, 0) is 0 Å². The van der Waals surface area contributed by atoms with Crippen molar-refractivity contribution >= 4 is 0 Å². The van der Waals surface area contributed by atoms with Crippen LogP contribution < -0.4 is 0 Å². The summed E-state index contributed by atoms with van der Waals surface area (Å²) in [5.74, 6) is 5.35. The largest absolute Gasteiger partial charge is 0.396 e. The fraction of sp³-hybridized carbons (Fsp3) is 1.00. The van der Waals surface area contributed by atoms with E-state index in [0.29, 0.717) is 31.0 Å². The molecule has 0 radical (unpaired) electrons. The van der Waals surface area contributed by atoms with E-state index in [2.05, 4.69) is 0 Å². The molecule has 0 spiro atoms. The zero-order valence-electron chi connectivity index (χ0n) is 14.9. The summed E-state index contributed by atoms with van der Waals surface area (Å²) in [6.07, 6.45) is 9.93. The molecule has 8 atom stereocenters. The molecule has 4 fully saturated rings. The molecule has 0 saturated heterocycles. The molecule has 4 bridgehead atoms. The van der Waals surface area contributed by atoms with Crippen molar-refractivity contribution in [2.24, 2.45) is 47.3 Å². The molecule has 8 unspecified atom stereocenters. The number of aliphatic hydroxyl groups is 4. The van der Waals surface area contributed by atoms with E-state index in [9.17, 15) is 5.11 Å². The van der Waals surface area contributed by atoms with Gasteiger partial charge in [-0.05, 0) is 98.7 Å². The molecule has 0 heterocycles. The number of hydrogen-bond donors (Lipinski definition) is 4. The molecular formula is C20H36O4. The van der Waals surface area contributed by atoms with Crippen molar-refractivity contribution in [3.63, 3.8) is 0 Å². The van der Waals surface area contributed by atoms with E-state index in [4.69, 9.17) is 15.3 Å². The van der Waals surface area contributed by atoms with E-state index < -0.39 is 0 Å². The first-order valence-electron chi connectivity index (χ1n) is 10.1. The lowest BCUT2D eigenvalue weighted by Crippen LogP contribution is -2.27. The molecule has 0 aliphatic heterocycles. The molecule has 0 amide bonds. The maximum absolute atomic E-state index is 9.18. The highest BCUT2D eigenvalue weighted by molar-refractivity contribution is 4.96. The third-order valence-corrected chi connectivity index (χ3v) is 7.75. The van der Waals surface area contributed by atoms with Gasteiger partial charge in [-0.2, -0.15) is 0 Å². The lowest BCUT2D eigenvalue weighted by molar-refractivity contribution is 0.0791. The first kappa shape index (κ1) is 18.6. The Kier molecular flexibility index (Phi) is 6.58.